The van der Waals surface area contributed by atoms with Crippen molar-refractivity contribution in [3.8, 4) is 6.07 Å². The molecule has 0 radical (unpaired) electrons. The summed E-state index contributed by atoms with van der Waals surface area (Å²) in [6.45, 7) is 0.121. The van der Waals surface area contributed by atoms with Crippen LogP contribution in [0.15, 0.2) is 6.20 Å². The van der Waals surface area contributed by atoms with Crippen LogP contribution in [0.4, 0.5) is 0 Å². The summed E-state index contributed by atoms with van der Waals surface area (Å²) < 4.78 is 0. The minimum atomic E-state index is -0.206. The molecule has 1 fully saturated rings. The van der Waals surface area contributed by atoms with Crippen molar-refractivity contribution in [3.05, 3.63) is 11.9 Å². The second-order valence-electron chi connectivity index (χ2n) is 3.88. The van der Waals surface area contributed by atoms with Crippen LogP contribution in [-0.4, -0.2) is 38.8 Å². The number of carbonyl (C=O) groups is 1. The highest BCUT2D eigenvalue weighted by Gasteiger charge is 2.28. The van der Waals surface area contributed by atoms with Crippen molar-refractivity contribution in [1.29, 1.82) is 5.26 Å². The monoisotopic (exact) mass is 219 g/mol. The van der Waals surface area contributed by atoms with E-state index in [0.29, 0.717) is 0 Å². The van der Waals surface area contributed by atoms with Crippen LogP contribution in [0.5, 0.6) is 0 Å². The molecule has 1 aromatic heterocycles. The Hall–Kier alpha value is -1.90. The van der Waals surface area contributed by atoms with Crippen LogP contribution in [0.1, 0.15) is 36.2 Å². The highest BCUT2D eigenvalue weighted by atomic mass is 16.2. The molecular weight excluding hydrogens is 206 g/mol. The van der Waals surface area contributed by atoms with Crippen LogP contribution in [0, 0.1) is 11.3 Å². The maximum absolute atomic E-state index is 12.0. The van der Waals surface area contributed by atoms with Gasteiger partial charge in [-0.2, -0.15) is 20.7 Å². The molecule has 1 aliphatic rings. The lowest BCUT2D eigenvalue weighted by atomic mass is 10.2. The summed E-state index contributed by atoms with van der Waals surface area (Å²) in [5.74, 6) is -0.206. The molecule has 84 valence electrons. The summed E-state index contributed by atoms with van der Waals surface area (Å²) in [6, 6.07) is 2.22. The van der Waals surface area contributed by atoms with Gasteiger partial charge in [0.05, 0.1) is 12.3 Å². The lowest BCUT2D eigenvalue weighted by molar-refractivity contribution is 0.0703. The highest BCUT2D eigenvalue weighted by molar-refractivity contribution is 5.92. The van der Waals surface area contributed by atoms with Gasteiger partial charge in [0.2, 0.25) is 0 Å². The topological polar surface area (TPSA) is 85.7 Å². The summed E-state index contributed by atoms with van der Waals surface area (Å²) in [4.78, 5) is 13.6. The van der Waals surface area contributed by atoms with Gasteiger partial charge >= 0.3 is 0 Å². The smallest absolute Gasteiger partial charge is 0.277 e. The van der Waals surface area contributed by atoms with Crippen molar-refractivity contribution in [1.82, 2.24) is 20.3 Å². The molecule has 6 heteroatoms. The third-order valence-electron chi connectivity index (χ3n) is 2.90. The number of amides is 1. The molecule has 0 unspecified atom stereocenters. The quantitative estimate of drug-likeness (QED) is 0.759. The largest absolute Gasteiger partial charge is 0.321 e. The van der Waals surface area contributed by atoms with Crippen molar-refractivity contribution in [3.63, 3.8) is 0 Å². The van der Waals surface area contributed by atoms with Crippen LogP contribution >= 0.6 is 0 Å². The third-order valence-corrected chi connectivity index (χ3v) is 2.90. The minimum absolute atomic E-state index is 0.121. The molecular formula is C10H13N5O. The zero-order valence-corrected chi connectivity index (χ0v) is 8.89. The molecule has 1 saturated carbocycles. The first-order valence-corrected chi connectivity index (χ1v) is 5.36. The second kappa shape index (κ2) is 4.75. The van der Waals surface area contributed by atoms with E-state index in [9.17, 15) is 4.79 Å². The molecule has 0 spiro atoms. The molecule has 0 aromatic carbocycles. The first kappa shape index (κ1) is 10.6. The normalized spacial score (nSPS) is 15.9. The summed E-state index contributed by atoms with van der Waals surface area (Å²) in [5, 5.41) is 18.5. The van der Waals surface area contributed by atoms with Gasteiger partial charge in [-0.1, -0.05) is 12.8 Å². The molecule has 1 amide bonds. The first-order valence-electron chi connectivity index (χ1n) is 5.36. The lowest BCUT2D eigenvalue weighted by Gasteiger charge is -2.25. The van der Waals surface area contributed by atoms with E-state index in [4.69, 9.17) is 5.26 Å². The van der Waals surface area contributed by atoms with E-state index in [2.05, 4.69) is 15.4 Å². The van der Waals surface area contributed by atoms with Gasteiger partial charge in [-0.05, 0) is 12.8 Å². The summed E-state index contributed by atoms with van der Waals surface area (Å²) in [5.41, 5.74) is 0.280. The predicted octanol–water partition coefficient (Wildman–Crippen LogP) is 0.713. The van der Waals surface area contributed by atoms with Crippen molar-refractivity contribution in [2.45, 2.75) is 31.7 Å². The second-order valence-corrected chi connectivity index (χ2v) is 3.88. The molecule has 2 rings (SSSR count). The van der Waals surface area contributed by atoms with E-state index in [-0.39, 0.29) is 24.2 Å². The average molecular weight is 219 g/mol. The van der Waals surface area contributed by atoms with E-state index in [0.717, 1.165) is 25.7 Å². The number of aromatic nitrogens is 3. The number of nitrogens with zero attached hydrogens (tertiary/aromatic N) is 4. The highest BCUT2D eigenvalue weighted by Crippen LogP contribution is 2.24. The SMILES string of the molecule is N#CCN(C(=O)c1cn[nH]n1)C1CCCC1. The van der Waals surface area contributed by atoms with Gasteiger partial charge in [0.15, 0.2) is 5.69 Å². The molecule has 0 atom stereocenters. The van der Waals surface area contributed by atoms with E-state index < -0.39 is 0 Å². The molecule has 0 saturated heterocycles. The van der Waals surface area contributed by atoms with Crippen molar-refractivity contribution >= 4 is 5.91 Å². The molecule has 16 heavy (non-hydrogen) atoms. The summed E-state index contributed by atoms with van der Waals surface area (Å²) in [7, 11) is 0. The predicted molar refractivity (Wildman–Crippen MR) is 55.3 cm³/mol. The van der Waals surface area contributed by atoms with Crippen LogP contribution in [0.3, 0.4) is 0 Å². The maximum atomic E-state index is 12.0. The number of hydrogen-bond donors (Lipinski definition) is 1. The third kappa shape index (κ3) is 2.03. The Bertz CT molecular complexity index is 388. The van der Waals surface area contributed by atoms with Crippen LogP contribution < -0.4 is 0 Å². The zero-order valence-electron chi connectivity index (χ0n) is 8.89. The number of hydrogen-bond acceptors (Lipinski definition) is 4. The van der Waals surface area contributed by atoms with E-state index >= 15 is 0 Å². The summed E-state index contributed by atoms with van der Waals surface area (Å²) in [6.07, 6.45) is 5.59. The number of H-pyrrole nitrogens is 1. The molecule has 0 bridgehead atoms. The molecule has 6 nitrogen and oxygen atoms in total. The zero-order chi connectivity index (χ0) is 11.4. The standard InChI is InChI=1S/C10H13N5O/c11-5-6-15(8-3-1-2-4-8)10(16)9-7-12-14-13-9/h7-8H,1-4,6H2,(H,12,13,14). The number of aromatic amines is 1. The molecule has 1 aliphatic carbocycles. The van der Waals surface area contributed by atoms with Crippen LogP contribution in [0.2, 0.25) is 0 Å². The number of nitriles is 1. The van der Waals surface area contributed by atoms with Crippen molar-refractivity contribution in [2.24, 2.45) is 0 Å². The van der Waals surface area contributed by atoms with Crippen molar-refractivity contribution < 1.29 is 4.79 Å². The van der Waals surface area contributed by atoms with Gasteiger partial charge in [0, 0.05) is 6.04 Å². The number of nitrogens with one attached hydrogen (secondary N) is 1. The molecule has 1 heterocycles. The maximum Gasteiger partial charge on any atom is 0.277 e. The Kier molecular flexibility index (Phi) is 3.15. The fraction of sp³-hybridized carbons (Fsp3) is 0.600. The lowest BCUT2D eigenvalue weighted by Crippen LogP contribution is -2.39. The van der Waals surface area contributed by atoms with E-state index in [1.54, 1.807) is 4.90 Å². The molecule has 1 N–H and O–H groups in total. The van der Waals surface area contributed by atoms with Crippen LogP contribution in [-0.2, 0) is 0 Å². The minimum Gasteiger partial charge on any atom is -0.321 e. The molecule has 1 aromatic rings. The van der Waals surface area contributed by atoms with Gasteiger partial charge in [-0.15, -0.1) is 0 Å². The fourth-order valence-electron chi connectivity index (χ4n) is 2.11. The van der Waals surface area contributed by atoms with Gasteiger partial charge in [-0.3, -0.25) is 4.79 Å². The fourth-order valence-corrected chi connectivity index (χ4v) is 2.11. The van der Waals surface area contributed by atoms with Crippen molar-refractivity contribution in [2.75, 3.05) is 6.54 Å². The summed E-state index contributed by atoms with van der Waals surface area (Å²) >= 11 is 0. The Morgan fingerprint density at radius 1 is 1.62 bits per heavy atom. The first-order chi connectivity index (χ1) is 7.83. The average Bonchev–Trinajstić information content (AvgIpc) is 2.96. The van der Waals surface area contributed by atoms with Gasteiger partial charge in [0.1, 0.15) is 6.54 Å². The van der Waals surface area contributed by atoms with E-state index in [1.807, 2.05) is 6.07 Å². The van der Waals surface area contributed by atoms with Crippen LogP contribution in [0.25, 0.3) is 0 Å². The van der Waals surface area contributed by atoms with E-state index in [1.165, 1.54) is 6.20 Å². The number of carbonyl (C=O) groups excluding carboxylic acids is 1. The van der Waals surface area contributed by atoms with Gasteiger partial charge in [0.25, 0.3) is 5.91 Å². The molecule has 0 aliphatic heterocycles. The Morgan fingerprint density at radius 2 is 2.38 bits per heavy atom. The Labute approximate surface area is 93.2 Å². The Balaban J connectivity index is 2.13. The van der Waals surface area contributed by atoms with Gasteiger partial charge < -0.3 is 4.90 Å². The Morgan fingerprint density at radius 3 is 2.94 bits per heavy atom. The number of rotatable bonds is 3. The van der Waals surface area contributed by atoms with Gasteiger partial charge in [-0.25, -0.2) is 0 Å².